The summed E-state index contributed by atoms with van der Waals surface area (Å²) in [5.74, 6) is 0. The summed E-state index contributed by atoms with van der Waals surface area (Å²) in [5, 5.41) is 8.95. The molecule has 0 unspecified atom stereocenters. The number of anilines is 1. The van der Waals surface area contributed by atoms with Gasteiger partial charge in [0.25, 0.3) is 10.0 Å². The van der Waals surface area contributed by atoms with Crippen molar-refractivity contribution in [1.82, 2.24) is 0 Å². The molecular weight excluding hydrogens is 296 g/mol. The third-order valence-corrected chi connectivity index (χ3v) is 5.70. The number of aliphatic hydroxyl groups is 1. The average molecular weight is 312 g/mol. The Hall–Kier alpha value is -1.41. The van der Waals surface area contributed by atoms with E-state index in [1.807, 2.05) is 0 Å². The van der Waals surface area contributed by atoms with Gasteiger partial charge in [0.05, 0.1) is 6.61 Å². The van der Waals surface area contributed by atoms with E-state index >= 15 is 0 Å². The van der Waals surface area contributed by atoms with Crippen LogP contribution >= 0.6 is 11.3 Å². The molecule has 0 spiro atoms. The number of thiophene rings is 1. The van der Waals surface area contributed by atoms with Gasteiger partial charge in [0.2, 0.25) is 0 Å². The molecule has 2 aromatic rings. The van der Waals surface area contributed by atoms with Crippen molar-refractivity contribution in [2.75, 3.05) is 11.3 Å². The molecule has 1 aromatic heterocycles. The number of aliphatic hydroxyl groups excluding tert-OH is 1. The van der Waals surface area contributed by atoms with E-state index in [1.165, 1.54) is 11.3 Å². The minimum absolute atomic E-state index is 0.0690. The minimum atomic E-state index is -3.57. The van der Waals surface area contributed by atoms with Gasteiger partial charge in [-0.1, -0.05) is 12.1 Å². The summed E-state index contributed by atoms with van der Waals surface area (Å²) < 4.78 is 27.2. The lowest BCUT2D eigenvalue weighted by Gasteiger charge is -2.06. The number of nitrogens with one attached hydrogen (secondary N) is 1. The second-order valence-corrected chi connectivity index (χ2v) is 7.30. The molecule has 0 saturated heterocycles. The van der Waals surface area contributed by atoms with Gasteiger partial charge in [0, 0.05) is 10.6 Å². The van der Waals surface area contributed by atoms with Crippen LogP contribution in [0.5, 0.6) is 0 Å². The summed E-state index contributed by atoms with van der Waals surface area (Å²) in [7, 11) is -3.57. The van der Waals surface area contributed by atoms with Crippen molar-refractivity contribution in [3.05, 3.63) is 46.8 Å². The molecule has 0 atom stereocenters. The molecule has 5 nitrogen and oxygen atoms in total. The molecule has 0 fully saturated rings. The van der Waals surface area contributed by atoms with Gasteiger partial charge in [0.1, 0.15) is 4.21 Å². The lowest BCUT2D eigenvalue weighted by molar-refractivity contribution is 0.282. The molecule has 0 aliphatic rings. The lowest BCUT2D eigenvalue weighted by Crippen LogP contribution is -2.11. The van der Waals surface area contributed by atoms with E-state index in [4.69, 9.17) is 10.8 Å². The van der Waals surface area contributed by atoms with E-state index in [2.05, 4.69) is 4.72 Å². The van der Waals surface area contributed by atoms with Crippen molar-refractivity contribution in [2.45, 2.75) is 17.2 Å². The summed E-state index contributed by atoms with van der Waals surface area (Å²) >= 11 is 1.22. The first-order chi connectivity index (χ1) is 9.55. The van der Waals surface area contributed by atoms with Crippen LogP contribution in [-0.4, -0.2) is 20.1 Å². The van der Waals surface area contributed by atoms with Crippen LogP contribution in [0.15, 0.2) is 40.6 Å². The van der Waals surface area contributed by atoms with E-state index in [0.717, 1.165) is 10.4 Å². The number of benzene rings is 1. The van der Waals surface area contributed by atoms with Crippen LogP contribution in [0.25, 0.3) is 0 Å². The Labute approximate surface area is 122 Å². The molecule has 0 bridgehead atoms. The van der Waals surface area contributed by atoms with E-state index in [1.54, 1.807) is 36.4 Å². The van der Waals surface area contributed by atoms with Crippen LogP contribution in [0.2, 0.25) is 0 Å². The maximum Gasteiger partial charge on any atom is 0.271 e. The van der Waals surface area contributed by atoms with Crippen molar-refractivity contribution in [2.24, 2.45) is 5.73 Å². The Bertz CT molecular complexity index is 663. The Morgan fingerprint density at radius 1 is 1.15 bits per heavy atom. The zero-order valence-corrected chi connectivity index (χ0v) is 12.4. The first-order valence-electron chi connectivity index (χ1n) is 6.06. The number of hydrogen-bond acceptors (Lipinski definition) is 5. The molecule has 0 radical (unpaired) electrons. The Morgan fingerprint density at radius 3 is 2.45 bits per heavy atom. The van der Waals surface area contributed by atoms with Crippen LogP contribution in [0, 0.1) is 0 Å². The maximum atomic E-state index is 12.2. The van der Waals surface area contributed by atoms with Crippen LogP contribution in [-0.2, 0) is 23.1 Å². The summed E-state index contributed by atoms with van der Waals surface area (Å²) in [6.45, 7) is 0.427. The first kappa shape index (κ1) is 15.0. The molecule has 0 amide bonds. The van der Waals surface area contributed by atoms with E-state index in [0.29, 0.717) is 18.7 Å². The largest absolute Gasteiger partial charge is 0.392 e. The van der Waals surface area contributed by atoms with Gasteiger partial charge in [-0.3, -0.25) is 4.72 Å². The van der Waals surface area contributed by atoms with Gasteiger partial charge in [-0.05, 0) is 42.8 Å². The fourth-order valence-electron chi connectivity index (χ4n) is 1.66. The highest BCUT2D eigenvalue weighted by atomic mass is 32.2. The van der Waals surface area contributed by atoms with Gasteiger partial charge in [-0.25, -0.2) is 8.42 Å². The van der Waals surface area contributed by atoms with Crippen LogP contribution in [0.3, 0.4) is 0 Å². The van der Waals surface area contributed by atoms with E-state index < -0.39 is 10.0 Å². The number of sulfonamides is 1. The van der Waals surface area contributed by atoms with Crippen molar-refractivity contribution in [3.8, 4) is 0 Å². The highest BCUT2D eigenvalue weighted by Gasteiger charge is 2.16. The maximum absolute atomic E-state index is 12.2. The van der Waals surface area contributed by atoms with Crippen LogP contribution in [0.1, 0.15) is 10.4 Å². The normalized spacial score (nSPS) is 11.5. The molecule has 2 rings (SSSR count). The standard InChI is InChI=1S/C13H16N2O3S2/c14-8-7-12-5-6-13(19-12)20(17,18)15-11-3-1-10(9-16)2-4-11/h1-6,15-16H,7-9,14H2. The molecule has 108 valence electrons. The van der Waals surface area contributed by atoms with E-state index in [-0.39, 0.29) is 10.8 Å². The fraction of sp³-hybridized carbons (Fsp3) is 0.231. The zero-order valence-electron chi connectivity index (χ0n) is 10.7. The molecule has 1 heterocycles. The Morgan fingerprint density at radius 2 is 1.85 bits per heavy atom. The second-order valence-electron chi connectivity index (χ2n) is 4.22. The van der Waals surface area contributed by atoms with Crippen molar-refractivity contribution >= 4 is 27.0 Å². The first-order valence-corrected chi connectivity index (χ1v) is 8.36. The molecule has 0 saturated carbocycles. The fourth-order valence-corrected chi connectivity index (χ4v) is 4.09. The molecule has 1 aromatic carbocycles. The predicted molar refractivity (Wildman–Crippen MR) is 80.3 cm³/mol. The smallest absolute Gasteiger partial charge is 0.271 e. The Kier molecular flexibility index (Phi) is 4.77. The zero-order chi connectivity index (χ0) is 14.6. The van der Waals surface area contributed by atoms with Crippen molar-refractivity contribution < 1.29 is 13.5 Å². The third kappa shape index (κ3) is 3.57. The molecule has 20 heavy (non-hydrogen) atoms. The van der Waals surface area contributed by atoms with Crippen LogP contribution < -0.4 is 10.5 Å². The highest BCUT2D eigenvalue weighted by molar-refractivity contribution is 7.94. The van der Waals surface area contributed by atoms with E-state index in [9.17, 15) is 8.42 Å². The molecule has 4 N–H and O–H groups in total. The summed E-state index contributed by atoms with van der Waals surface area (Å²) in [6, 6.07) is 9.95. The van der Waals surface area contributed by atoms with Crippen molar-refractivity contribution in [3.63, 3.8) is 0 Å². The minimum Gasteiger partial charge on any atom is -0.392 e. The molecule has 7 heteroatoms. The summed E-state index contributed by atoms with van der Waals surface area (Å²) in [5.41, 5.74) is 6.65. The predicted octanol–water partition coefficient (Wildman–Crippen LogP) is 1.54. The quantitative estimate of drug-likeness (QED) is 0.754. The van der Waals surface area contributed by atoms with Gasteiger partial charge in [0.15, 0.2) is 0 Å². The SMILES string of the molecule is NCCc1ccc(S(=O)(=O)Nc2ccc(CO)cc2)s1. The molecule has 0 aliphatic carbocycles. The second kappa shape index (κ2) is 6.36. The number of nitrogens with two attached hydrogens (primary N) is 1. The lowest BCUT2D eigenvalue weighted by atomic mass is 10.2. The van der Waals surface area contributed by atoms with Gasteiger partial charge in [-0.2, -0.15) is 0 Å². The van der Waals surface area contributed by atoms with Crippen LogP contribution in [0.4, 0.5) is 5.69 Å². The topological polar surface area (TPSA) is 92.4 Å². The average Bonchev–Trinajstić information content (AvgIpc) is 2.89. The number of hydrogen-bond donors (Lipinski definition) is 3. The van der Waals surface area contributed by atoms with Gasteiger partial charge in [-0.15, -0.1) is 11.3 Å². The number of rotatable bonds is 6. The van der Waals surface area contributed by atoms with Gasteiger partial charge >= 0.3 is 0 Å². The monoisotopic (exact) mass is 312 g/mol. The summed E-state index contributed by atoms with van der Waals surface area (Å²) in [4.78, 5) is 0.948. The van der Waals surface area contributed by atoms with Crippen molar-refractivity contribution in [1.29, 1.82) is 0 Å². The highest BCUT2D eigenvalue weighted by Crippen LogP contribution is 2.24. The molecular formula is C13H16N2O3S2. The van der Waals surface area contributed by atoms with Gasteiger partial charge < -0.3 is 10.8 Å². The Balaban J connectivity index is 2.16. The summed E-state index contributed by atoms with van der Waals surface area (Å²) in [6.07, 6.45) is 0.672. The molecule has 0 aliphatic heterocycles. The third-order valence-electron chi connectivity index (χ3n) is 2.68.